The zero-order valence-electron chi connectivity index (χ0n) is 10.3. The molecule has 0 aliphatic heterocycles. The summed E-state index contributed by atoms with van der Waals surface area (Å²) in [5, 5.41) is 5.64. The quantitative estimate of drug-likeness (QED) is 0.866. The zero-order valence-corrected chi connectivity index (χ0v) is 11.1. The molecule has 1 aromatic heterocycles. The zero-order chi connectivity index (χ0) is 11.4. The summed E-state index contributed by atoms with van der Waals surface area (Å²) in [4.78, 5) is 4.46. The highest BCUT2D eigenvalue weighted by Crippen LogP contribution is 2.37. The molecule has 2 nitrogen and oxygen atoms in total. The topological polar surface area (TPSA) is 24.9 Å². The van der Waals surface area contributed by atoms with Crippen molar-refractivity contribution in [3.05, 3.63) is 16.6 Å². The summed E-state index contributed by atoms with van der Waals surface area (Å²) >= 11 is 1.70. The van der Waals surface area contributed by atoms with Gasteiger partial charge in [0.1, 0.15) is 0 Å². The van der Waals surface area contributed by atoms with Crippen LogP contribution in [-0.4, -0.2) is 12.0 Å². The van der Waals surface area contributed by atoms with Crippen LogP contribution in [0.1, 0.15) is 50.8 Å². The van der Waals surface area contributed by atoms with Crippen LogP contribution in [0.25, 0.3) is 0 Å². The summed E-state index contributed by atoms with van der Waals surface area (Å²) in [6, 6.07) is 0.476. The second-order valence-electron chi connectivity index (χ2n) is 4.87. The van der Waals surface area contributed by atoms with Gasteiger partial charge in [0.05, 0.1) is 17.2 Å². The first-order valence-electron chi connectivity index (χ1n) is 6.40. The molecule has 1 fully saturated rings. The van der Waals surface area contributed by atoms with E-state index in [-0.39, 0.29) is 0 Å². The maximum absolute atomic E-state index is 4.46. The molecule has 2 rings (SSSR count). The Hall–Kier alpha value is -0.410. The fraction of sp³-hybridized carbons (Fsp3) is 0.769. The molecule has 1 unspecified atom stereocenters. The van der Waals surface area contributed by atoms with Crippen LogP contribution in [0.3, 0.4) is 0 Å². The number of rotatable bonds is 4. The molecule has 0 aromatic carbocycles. The molecule has 1 atom stereocenters. The van der Waals surface area contributed by atoms with Crippen molar-refractivity contribution in [3.8, 4) is 0 Å². The van der Waals surface area contributed by atoms with Gasteiger partial charge in [-0.3, -0.25) is 0 Å². The van der Waals surface area contributed by atoms with E-state index in [0.717, 1.165) is 11.8 Å². The minimum Gasteiger partial charge on any atom is -0.311 e. The van der Waals surface area contributed by atoms with E-state index >= 15 is 0 Å². The summed E-state index contributed by atoms with van der Waals surface area (Å²) in [7, 11) is 2.07. The van der Waals surface area contributed by atoms with Gasteiger partial charge in [-0.1, -0.05) is 26.2 Å². The SMILES string of the molecule is CCC1CCC(C(NC)c2cscn2)CC1. The lowest BCUT2D eigenvalue weighted by atomic mass is 9.77. The number of hydrogen-bond donors (Lipinski definition) is 1. The van der Waals surface area contributed by atoms with Crippen molar-refractivity contribution < 1.29 is 0 Å². The van der Waals surface area contributed by atoms with Gasteiger partial charge in [-0.2, -0.15) is 0 Å². The van der Waals surface area contributed by atoms with Gasteiger partial charge in [-0.15, -0.1) is 11.3 Å². The molecule has 1 saturated carbocycles. The summed E-state index contributed by atoms with van der Waals surface area (Å²) in [5.41, 5.74) is 3.18. The smallest absolute Gasteiger partial charge is 0.0795 e. The Morgan fingerprint density at radius 2 is 2.19 bits per heavy atom. The van der Waals surface area contributed by atoms with E-state index in [1.54, 1.807) is 11.3 Å². The highest BCUT2D eigenvalue weighted by molar-refractivity contribution is 7.07. The summed E-state index contributed by atoms with van der Waals surface area (Å²) in [6.45, 7) is 2.32. The monoisotopic (exact) mass is 238 g/mol. The largest absolute Gasteiger partial charge is 0.311 e. The lowest BCUT2D eigenvalue weighted by molar-refractivity contribution is 0.222. The maximum atomic E-state index is 4.46. The fourth-order valence-electron chi connectivity index (χ4n) is 2.93. The summed E-state index contributed by atoms with van der Waals surface area (Å²) < 4.78 is 0. The number of nitrogens with zero attached hydrogens (tertiary/aromatic N) is 1. The van der Waals surface area contributed by atoms with Gasteiger partial charge in [-0.25, -0.2) is 4.98 Å². The molecule has 0 amide bonds. The number of aromatic nitrogens is 1. The summed E-state index contributed by atoms with van der Waals surface area (Å²) in [5.74, 6) is 1.76. The predicted octanol–water partition coefficient (Wildman–Crippen LogP) is 3.62. The summed E-state index contributed by atoms with van der Waals surface area (Å²) in [6.07, 6.45) is 6.89. The third-order valence-corrected chi connectivity index (χ3v) is 4.63. The van der Waals surface area contributed by atoms with Crippen LogP contribution in [0.15, 0.2) is 10.9 Å². The number of thiazole rings is 1. The van der Waals surface area contributed by atoms with Crippen molar-refractivity contribution in [2.24, 2.45) is 11.8 Å². The number of hydrogen-bond acceptors (Lipinski definition) is 3. The van der Waals surface area contributed by atoms with Crippen LogP contribution in [0.2, 0.25) is 0 Å². The molecule has 3 heteroatoms. The average molecular weight is 238 g/mol. The molecule has 1 heterocycles. The lowest BCUT2D eigenvalue weighted by Crippen LogP contribution is -2.28. The van der Waals surface area contributed by atoms with Crippen molar-refractivity contribution >= 4 is 11.3 Å². The minimum absolute atomic E-state index is 0.476. The van der Waals surface area contributed by atoms with Crippen LogP contribution in [0.5, 0.6) is 0 Å². The predicted molar refractivity (Wildman–Crippen MR) is 69.7 cm³/mol. The molecule has 90 valence electrons. The molecular formula is C13H22N2S. The number of nitrogens with one attached hydrogen (secondary N) is 1. The van der Waals surface area contributed by atoms with Crippen LogP contribution in [0.4, 0.5) is 0 Å². The van der Waals surface area contributed by atoms with Gasteiger partial charge in [0.2, 0.25) is 0 Å². The third kappa shape index (κ3) is 2.64. The van der Waals surface area contributed by atoms with Crippen molar-refractivity contribution in [3.63, 3.8) is 0 Å². The van der Waals surface area contributed by atoms with E-state index in [0.29, 0.717) is 6.04 Å². The fourth-order valence-corrected chi connectivity index (χ4v) is 3.52. The van der Waals surface area contributed by atoms with Gasteiger partial charge in [-0.05, 0) is 31.7 Å². The lowest BCUT2D eigenvalue weighted by Gasteiger charge is -2.32. The van der Waals surface area contributed by atoms with Crippen molar-refractivity contribution in [2.45, 2.75) is 45.1 Å². The van der Waals surface area contributed by atoms with Crippen molar-refractivity contribution in [2.75, 3.05) is 7.05 Å². The van der Waals surface area contributed by atoms with Gasteiger partial charge >= 0.3 is 0 Å². The van der Waals surface area contributed by atoms with Gasteiger partial charge in [0.25, 0.3) is 0 Å². The molecular weight excluding hydrogens is 216 g/mol. The van der Waals surface area contributed by atoms with Gasteiger partial charge in [0.15, 0.2) is 0 Å². The first kappa shape index (κ1) is 12.1. The van der Waals surface area contributed by atoms with E-state index < -0.39 is 0 Å². The van der Waals surface area contributed by atoms with Gasteiger partial charge < -0.3 is 5.32 Å². The Morgan fingerprint density at radius 1 is 1.44 bits per heavy atom. The third-order valence-electron chi connectivity index (χ3n) is 4.02. The Labute approximate surface area is 102 Å². The van der Waals surface area contributed by atoms with E-state index in [9.17, 15) is 0 Å². The Morgan fingerprint density at radius 3 is 2.69 bits per heavy atom. The minimum atomic E-state index is 0.476. The highest BCUT2D eigenvalue weighted by Gasteiger charge is 2.27. The van der Waals surface area contributed by atoms with Crippen LogP contribution >= 0.6 is 11.3 Å². The molecule has 1 aromatic rings. The molecule has 0 spiro atoms. The van der Waals surface area contributed by atoms with Crippen molar-refractivity contribution in [1.82, 2.24) is 10.3 Å². The molecule has 1 N–H and O–H groups in total. The van der Waals surface area contributed by atoms with E-state index in [4.69, 9.17) is 0 Å². The second-order valence-corrected chi connectivity index (χ2v) is 5.59. The molecule has 0 saturated heterocycles. The van der Waals surface area contributed by atoms with Crippen LogP contribution < -0.4 is 5.32 Å². The molecule has 16 heavy (non-hydrogen) atoms. The molecule has 1 aliphatic rings. The van der Waals surface area contributed by atoms with Crippen LogP contribution in [-0.2, 0) is 0 Å². The Bertz CT molecular complexity index is 289. The Kier molecular flexibility index (Phi) is 4.36. The first-order valence-corrected chi connectivity index (χ1v) is 7.34. The molecule has 0 radical (unpaired) electrons. The molecule has 0 bridgehead atoms. The normalized spacial score (nSPS) is 27.9. The standard InChI is InChI=1S/C13H22N2S/c1-3-10-4-6-11(7-5-10)13(14-2)12-8-16-9-15-12/h8-11,13-14H,3-7H2,1-2H3. The average Bonchev–Trinajstić information content (AvgIpc) is 2.85. The van der Waals surface area contributed by atoms with Gasteiger partial charge in [0, 0.05) is 5.38 Å². The second kappa shape index (κ2) is 5.78. The Balaban J connectivity index is 1.96. The first-order chi connectivity index (χ1) is 7.85. The highest BCUT2D eigenvalue weighted by atomic mass is 32.1. The van der Waals surface area contributed by atoms with Crippen LogP contribution in [0, 0.1) is 11.8 Å². The maximum Gasteiger partial charge on any atom is 0.0795 e. The van der Waals surface area contributed by atoms with E-state index in [2.05, 4.69) is 29.7 Å². The van der Waals surface area contributed by atoms with E-state index in [1.807, 2.05) is 5.51 Å². The van der Waals surface area contributed by atoms with E-state index in [1.165, 1.54) is 37.8 Å². The van der Waals surface area contributed by atoms with Crippen molar-refractivity contribution in [1.29, 1.82) is 0 Å². The molecule has 1 aliphatic carbocycles.